The van der Waals surface area contributed by atoms with Crippen LogP contribution < -0.4 is 10.2 Å². The molecule has 2 aliphatic heterocycles. The van der Waals surface area contributed by atoms with Crippen LogP contribution in [0.15, 0.2) is 24.7 Å². The van der Waals surface area contributed by atoms with E-state index in [4.69, 9.17) is 4.74 Å². The molecule has 190 valence electrons. The Morgan fingerprint density at radius 1 is 1.11 bits per heavy atom. The van der Waals surface area contributed by atoms with Crippen LogP contribution in [0.4, 0.5) is 20.3 Å². The molecule has 12 heteroatoms. The quantitative estimate of drug-likeness (QED) is 0.518. The Kier molecular flexibility index (Phi) is 5.90. The molecule has 3 aromatic heterocycles. The zero-order valence-corrected chi connectivity index (χ0v) is 19.6. The second-order valence-electron chi connectivity index (χ2n) is 9.82. The third-order valence-corrected chi connectivity index (χ3v) is 7.47. The first-order chi connectivity index (χ1) is 17.5. The lowest BCUT2D eigenvalue weighted by Gasteiger charge is -2.32. The van der Waals surface area contributed by atoms with E-state index in [0.29, 0.717) is 50.2 Å². The van der Waals surface area contributed by atoms with E-state index in [9.17, 15) is 18.4 Å². The Hall–Kier alpha value is -3.41. The van der Waals surface area contributed by atoms with Crippen LogP contribution in [-0.2, 0) is 9.53 Å². The number of rotatable bonds is 6. The maximum atomic E-state index is 13.9. The monoisotopic (exact) mass is 499 g/mol. The first-order valence-corrected chi connectivity index (χ1v) is 12.4. The van der Waals surface area contributed by atoms with Gasteiger partial charge in [0.25, 0.3) is 12.3 Å². The van der Waals surface area contributed by atoms with Crippen LogP contribution in [0, 0.1) is 5.92 Å². The first-order valence-electron chi connectivity index (χ1n) is 12.4. The average Bonchev–Trinajstić information content (AvgIpc) is 3.58. The highest BCUT2D eigenvalue weighted by atomic mass is 19.3. The van der Waals surface area contributed by atoms with Gasteiger partial charge in [0.05, 0.1) is 23.9 Å². The Bertz CT molecular complexity index is 1270. The number of carbonyl (C=O) groups is 2. The molecule has 5 heterocycles. The third kappa shape index (κ3) is 4.12. The fraction of sp³-hybridized carbons (Fsp3) is 0.542. The van der Waals surface area contributed by atoms with Crippen molar-refractivity contribution in [3.05, 3.63) is 35.9 Å². The molecule has 0 spiro atoms. The van der Waals surface area contributed by atoms with Gasteiger partial charge in [0.15, 0.2) is 17.2 Å². The van der Waals surface area contributed by atoms with Crippen LogP contribution in [0.1, 0.15) is 67.0 Å². The number of halogens is 2. The number of hydrogen-bond acceptors (Lipinski definition) is 7. The van der Waals surface area contributed by atoms with Crippen molar-refractivity contribution in [2.45, 2.75) is 63.2 Å². The first kappa shape index (κ1) is 23.0. The molecule has 1 saturated carbocycles. The number of carbonyl (C=O) groups excluding carboxylic acids is 2. The van der Waals surface area contributed by atoms with Crippen molar-refractivity contribution in [2.75, 3.05) is 23.3 Å². The number of aldehydes is 1. The predicted molar refractivity (Wildman–Crippen MR) is 125 cm³/mol. The SMILES string of the molecule is O=CC1CCC(n2cc(NC(=O)c3c(N4C[C@H]5CC[C@H](C4)O5)nn4cccnc34)c(C(F)F)n2)CC1. The number of alkyl halides is 2. The summed E-state index contributed by atoms with van der Waals surface area (Å²) in [6.07, 6.45) is 7.64. The van der Waals surface area contributed by atoms with Crippen LogP contribution in [0.25, 0.3) is 5.65 Å². The Labute approximate surface area is 205 Å². The topological polar surface area (TPSA) is 107 Å². The fourth-order valence-corrected chi connectivity index (χ4v) is 5.62. The minimum absolute atomic E-state index is 0.00233. The van der Waals surface area contributed by atoms with Crippen molar-refractivity contribution in [1.29, 1.82) is 0 Å². The smallest absolute Gasteiger partial charge is 0.284 e. The fourth-order valence-electron chi connectivity index (χ4n) is 5.62. The summed E-state index contributed by atoms with van der Waals surface area (Å²) in [7, 11) is 0. The number of anilines is 2. The summed E-state index contributed by atoms with van der Waals surface area (Å²) >= 11 is 0. The number of nitrogens with one attached hydrogen (secondary N) is 1. The van der Waals surface area contributed by atoms with Gasteiger partial charge in [0.2, 0.25) is 0 Å². The zero-order chi connectivity index (χ0) is 24.8. The number of morpholine rings is 1. The van der Waals surface area contributed by atoms with Gasteiger partial charge in [-0.25, -0.2) is 18.3 Å². The van der Waals surface area contributed by atoms with E-state index in [-0.39, 0.29) is 35.4 Å². The Morgan fingerprint density at radius 3 is 2.56 bits per heavy atom. The van der Waals surface area contributed by atoms with Gasteiger partial charge >= 0.3 is 0 Å². The van der Waals surface area contributed by atoms with Gasteiger partial charge < -0.3 is 19.7 Å². The van der Waals surface area contributed by atoms with Crippen LogP contribution >= 0.6 is 0 Å². The number of fused-ring (bicyclic) bond motifs is 3. The van der Waals surface area contributed by atoms with Crippen molar-refractivity contribution in [3.63, 3.8) is 0 Å². The molecule has 36 heavy (non-hydrogen) atoms. The standard InChI is InChI=1S/C24H27F2N7O3/c25-21(26)20-18(12-33(29-20)15-4-2-14(13-34)3-5-15)28-24(35)19-22-27-8-1-9-32(22)30-23(19)31-10-16-6-7-17(11-31)36-16/h1,8-9,12-17,21H,2-7,10-11H2,(H,28,35)/t14?,15?,16-,17-/m1/s1. The minimum atomic E-state index is -2.86. The molecule has 10 nitrogen and oxygen atoms in total. The summed E-state index contributed by atoms with van der Waals surface area (Å²) in [6.45, 7) is 1.20. The predicted octanol–water partition coefficient (Wildman–Crippen LogP) is 3.41. The van der Waals surface area contributed by atoms with E-state index in [2.05, 4.69) is 20.5 Å². The Balaban J connectivity index is 1.31. The molecule has 0 unspecified atom stereocenters. The summed E-state index contributed by atoms with van der Waals surface area (Å²) in [6, 6.07) is 1.62. The van der Waals surface area contributed by atoms with E-state index < -0.39 is 18.0 Å². The average molecular weight is 500 g/mol. The van der Waals surface area contributed by atoms with Crippen molar-refractivity contribution in [1.82, 2.24) is 24.4 Å². The number of amides is 1. The summed E-state index contributed by atoms with van der Waals surface area (Å²) in [4.78, 5) is 31.0. The number of nitrogens with zero attached hydrogens (tertiary/aromatic N) is 6. The van der Waals surface area contributed by atoms with Crippen molar-refractivity contribution >= 4 is 29.3 Å². The lowest BCUT2D eigenvalue weighted by Crippen LogP contribution is -2.43. The summed E-state index contributed by atoms with van der Waals surface area (Å²) in [5, 5.41) is 11.4. The normalized spacial score (nSPS) is 26.0. The van der Waals surface area contributed by atoms with E-state index in [1.165, 1.54) is 15.4 Å². The molecule has 2 atom stereocenters. The molecular formula is C24H27F2N7O3. The second kappa shape index (κ2) is 9.23. The van der Waals surface area contributed by atoms with E-state index in [1.54, 1.807) is 18.5 Å². The molecule has 3 aromatic rings. The minimum Gasteiger partial charge on any atom is -0.371 e. The van der Waals surface area contributed by atoms with Gasteiger partial charge in [-0.05, 0) is 44.6 Å². The van der Waals surface area contributed by atoms with E-state index in [1.807, 2.05) is 4.90 Å². The van der Waals surface area contributed by atoms with Gasteiger partial charge in [0, 0.05) is 37.6 Å². The highest BCUT2D eigenvalue weighted by Crippen LogP contribution is 2.36. The van der Waals surface area contributed by atoms with Crippen LogP contribution in [0.3, 0.4) is 0 Å². The van der Waals surface area contributed by atoms with Crippen molar-refractivity contribution < 1.29 is 23.1 Å². The molecular weight excluding hydrogens is 472 g/mol. The summed E-state index contributed by atoms with van der Waals surface area (Å²) in [5.74, 6) is -0.101. The lowest BCUT2D eigenvalue weighted by atomic mass is 9.87. The van der Waals surface area contributed by atoms with Gasteiger partial charge in [-0.2, -0.15) is 5.10 Å². The molecule has 3 aliphatic rings. The van der Waals surface area contributed by atoms with Gasteiger partial charge in [-0.1, -0.05) is 0 Å². The molecule has 3 fully saturated rings. The molecule has 0 aromatic carbocycles. The molecule has 1 aliphatic carbocycles. The van der Waals surface area contributed by atoms with Gasteiger partial charge in [-0.3, -0.25) is 9.48 Å². The largest absolute Gasteiger partial charge is 0.371 e. The molecule has 2 bridgehead atoms. The zero-order valence-electron chi connectivity index (χ0n) is 19.6. The van der Waals surface area contributed by atoms with Gasteiger partial charge in [0.1, 0.15) is 11.8 Å². The van der Waals surface area contributed by atoms with E-state index >= 15 is 0 Å². The number of ether oxygens (including phenoxy) is 1. The summed E-state index contributed by atoms with van der Waals surface area (Å²) < 4.78 is 36.8. The second-order valence-corrected chi connectivity index (χ2v) is 9.82. The van der Waals surface area contributed by atoms with Crippen molar-refractivity contribution in [2.24, 2.45) is 5.92 Å². The Morgan fingerprint density at radius 2 is 1.86 bits per heavy atom. The maximum Gasteiger partial charge on any atom is 0.284 e. The highest BCUT2D eigenvalue weighted by Gasteiger charge is 2.37. The van der Waals surface area contributed by atoms with E-state index in [0.717, 1.165) is 19.1 Å². The summed E-state index contributed by atoms with van der Waals surface area (Å²) in [5.41, 5.74) is 0.0745. The number of hydrogen-bond donors (Lipinski definition) is 1. The molecule has 1 amide bonds. The maximum absolute atomic E-state index is 13.9. The molecule has 6 rings (SSSR count). The third-order valence-electron chi connectivity index (χ3n) is 7.47. The highest BCUT2D eigenvalue weighted by molar-refractivity contribution is 6.12. The molecule has 2 saturated heterocycles. The van der Waals surface area contributed by atoms with Crippen molar-refractivity contribution in [3.8, 4) is 0 Å². The number of aromatic nitrogens is 5. The van der Waals surface area contributed by atoms with Crippen LogP contribution in [0.5, 0.6) is 0 Å². The molecule has 0 radical (unpaired) electrons. The molecule has 1 N–H and O–H groups in total. The lowest BCUT2D eigenvalue weighted by molar-refractivity contribution is -0.112. The van der Waals surface area contributed by atoms with Crippen LogP contribution in [0.2, 0.25) is 0 Å². The van der Waals surface area contributed by atoms with Gasteiger partial charge in [-0.15, -0.1) is 5.10 Å². The van der Waals surface area contributed by atoms with Crippen LogP contribution in [-0.4, -0.2) is 61.9 Å².